The summed E-state index contributed by atoms with van der Waals surface area (Å²) in [6, 6.07) is 10.9. The van der Waals surface area contributed by atoms with Gasteiger partial charge < -0.3 is 15.4 Å². The number of thiocarbonyl (C=S) groups is 1. The number of halogens is 4. The molecule has 0 fully saturated rings. The monoisotopic (exact) mass is 362 g/mol. The third-order valence-corrected chi connectivity index (χ3v) is 3.28. The van der Waals surface area contributed by atoms with Gasteiger partial charge in [0.15, 0.2) is 5.11 Å². The van der Waals surface area contributed by atoms with Crippen molar-refractivity contribution in [3.63, 3.8) is 0 Å². The Bertz CT molecular complexity index is 668. The SMILES string of the molecule is FC(F)Oc1ccc(NC(=S)Nc2cc(Cl)ccc2Cl)cc1. The molecule has 116 valence electrons. The molecule has 0 aliphatic carbocycles. The molecule has 0 radical (unpaired) electrons. The highest BCUT2D eigenvalue weighted by molar-refractivity contribution is 7.80. The van der Waals surface area contributed by atoms with Crippen molar-refractivity contribution in [3.05, 3.63) is 52.5 Å². The van der Waals surface area contributed by atoms with Crippen LogP contribution in [-0.4, -0.2) is 11.7 Å². The zero-order valence-corrected chi connectivity index (χ0v) is 13.3. The Hall–Kier alpha value is -1.63. The van der Waals surface area contributed by atoms with E-state index in [0.717, 1.165) is 0 Å². The molecule has 2 aromatic rings. The topological polar surface area (TPSA) is 33.3 Å². The maximum Gasteiger partial charge on any atom is 0.387 e. The summed E-state index contributed by atoms with van der Waals surface area (Å²) in [4.78, 5) is 0. The van der Waals surface area contributed by atoms with Gasteiger partial charge in [-0.1, -0.05) is 23.2 Å². The van der Waals surface area contributed by atoms with Crippen LogP contribution in [0.4, 0.5) is 20.2 Å². The standard InChI is InChI=1S/C14H10Cl2F2N2OS/c15-8-1-6-11(16)12(7-8)20-14(22)19-9-2-4-10(5-3-9)21-13(17)18/h1-7,13H,(H2,19,20,22). The lowest BCUT2D eigenvalue weighted by Crippen LogP contribution is -2.19. The molecule has 0 bridgehead atoms. The summed E-state index contributed by atoms with van der Waals surface area (Å²) >= 11 is 17.0. The van der Waals surface area contributed by atoms with Crippen LogP contribution in [0, 0.1) is 0 Å². The highest BCUT2D eigenvalue weighted by Crippen LogP contribution is 2.25. The Morgan fingerprint density at radius 3 is 2.36 bits per heavy atom. The number of alkyl halides is 2. The van der Waals surface area contributed by atoms with Crippen molar-refractivity contribution in [1.82, 2.24) is 0 Å². The van der Waals surface area contributed by atoms with Crippen molar-refractivity contribution in [2.75, 3.05) is 10.6 Å². The number of anilines is 2. The van der Waals surface area contributed by atoms with Gasteiger partial charge in [0.1, 0.15) is 5.75 Å². The summed E-state index contributed by atoms with van der Waals surface area (Å²) in [5.41, 5.74) is 1.17. The second kappa shape index (κ2) is 7.58. The molecular formula is C14H10Cl2F2N2OS. The van der Waals surface area contributed by atoms with Gasteiger partial charge in [0, 0.05) is 10.7 Å². The van der Waals surface area contributed by atoms with Gasteiger partial charge >= 0.3 is 6.61 Å². The van der Waals surface area contributed by atoms with E-state index in [2.05, 4.69) is 15.4 Å². The normalized spacial score (nSPS) is 10.4. The van der Waals surface area contributed by atoms with E-state index >= 15 is 0 Å². The van der Waals surface area contributed by atoms with Crippen molar-refractivity contribution < 1.29 is 13.5 Å². The van der Waals surface area contributed by atoms with Gasteiger partial charge in [-0.25, -0.2) is 0 Å². The molecule has 0 amide bonds. The number of rotatable bonds is 4. The Morgan fingerprint density at radius 1 is 1.05 bits per heavy atom. The second-order valence-electron chi connectivity index (χ2n) is 4.11. The Kier molecular flexibility index (Phi) is 5.76. The third-order valence-electron chi connectivity index (χ3n) is 2.51. The number of ether oxygens (including phenoxy) is 1. The smallest absolute Gasteiger partial charge is 0.387 e. The van der Waals surface area contributed by atoms with Gasteiger partial charge in [-0.2, -0.15) is 8.78 Å². The van der Waals surface area contributed by atoms with Gasteiger partial charge in [-0.3, -0.25) is 0 Å². The van der Waals surface area contributed by atoms with Crippen molar-refractivity contribution in [3.8, 4) is 5.75 Å². The maximum atomic E-state index is 12.1. The molecule has 0 aromatic heterocycles. The molecule has 0 saturated carbocycles. The quantitative estimate of drug-likeness (QED) is 0.713. The Labute approximate surface area is 141 Å². The molecule has 0 aliphatic heterocycles. The fraction of sp³-hybridized carbons (Fsp3) is 0.0714. The van der Waals surface area contributed by atoms with Crippen molar-refractivity contribution in [2.24, 2.45) is 0 Å². The van der Waals surface area contributed by atoms with E-state index in [1.807, 2.05) is 0 Å². The summed E-state index contributed by atoms with van der Waals surface area (Å²) in [5.74, 6) is 0.0670. The summed E-state index contributed by atoms with van der Waals surface area (Å²) in [7, 11) is 0. The largest absolute Gasteiger partial charge is 0.435 e. The first-order chi connectivity index (χ1) is 10.4. The van der Waals surface area contributed by atoms with E-state index in [0.29, 0.717) is 21.4 Å². The molecular weight excluding hydrogens is 353 g/mol. The highest BCUT2D eigenvalue weighted by atomic mass is 35.5. The zero-order valence-electron chi connectivity index (χ0n) is 10.9. The summed E-state index contributed by atoms with van der Waals surface area (Å²) in [6.45, 7) is -2.86. The number of benzene rings is 2. The average Bonchev–Trinajstić information content (AvgIpc) is 2.44. The summed E-state index contributed by atoms with van der Waals surface area (Å²) < 4.78 is 28.4. The first kappa shape index (κ1) is 16.7. The second-order valence-corrected chi connectivity index (χ2v) is 5.36. The van der Waals surface area contributed by atoms with E-state index in [1.165, 1.54) is 12.1 Å². The summed E-state index contributed by atoms with van der Waals surface area (Å²) in [5, 5.41) is 7.06. The van der Waals surface area contributed by atoms with Crippen LogP contribution in [0.1, 0.15) is 0 Å². The van der Waals surface area contributed by atoms with Crippen LogP contribution in [0.3, 0.4) is 0 Å². The molecule has 2 rings (SSSR count). The van der Waals surface area contributed by atoms with E-state index in [1.54, 1.807) is 30.3 Å². The van der Waals surface area contributed by atoms with Crippen LogP contribution >= 0.6 is 35.4 Å². The Morgan fingerprint density at radius 2 is 1.73 bits per heavy atom. The van der Waals surface area contributed by atoms with Crippen LogP contribution in [0.15, 0.2) is 42.5 Å². The minimum atomic E-state index is -2.86. The molecule has 0 atom stereocenters. The van der Waals surface area contributed by atoms with Crippen molar-refractivity contribution in [2.45, 2.75) is 6.61 Å². The molecule has 8 heteroatoms. The number of hydrogen-bond acceptors (Lipinski definition) is 2. The zero-order chi connectivity index (χ0) is 16.1. The minimum Gasteiger partial charge on any atom is -0.435 e. The predicted octanol–water partition coefficient (Wildman–Crippen LogP) is 5.40. The van der Waals surface area contributed by atoms with Crippen LogP contribution < -0.4 is 15.4 Å². The van der Waals surface area contributed by atoms with E-state index in [-0.39, 0.29) is 10.9 Å². The minimum absolute atomic E-state index is 0.0670. The molecule has 3 nitrogen and oxygen atoms in total. The molecule has 0 spiro atoms. The highest BCUT2D eigenvalue weighted by Gasteiger charge is 2.06. The van der Waals surface area contributed by atoms with Gasteiger partial charge in [0.2, 0.25) is 0 Å². The van der Waals surface area contributed by atoms with E-state index in [4.69, 9.17) is 35.4 Å². The third kappa shape index (κ3) is 4.98. The fourth-order valence-corrected chi connectivity index (χ4v) is 2.16. The van der Waals surface area contributed by atoms with Crippen LogP contribution in [0.5, 0.6) is 5.75 Å². The summed E-state index contributed by atoms with van der Waals surface area (Å²) in [6.07, 6.45) is 0. The van der Waals surface area contributed by atoms with Crippen LogP contribution in [0.25, 0.3) is 0 Å². The lowest BCUT2D eigenvalue weighted by molar-refractivity contribution is -0.0498. The van der Waals surface area contributed by atoms with Crippen molar-refractivity contribution in [1.29, 1.82) is 0 Å². The van der Waals surface area contributed by atoms with Gasteiger partial charge in [-0.15, -0.1) is 0 Å². The lowest BCUT2D eigenvalue weighted by atomic mass is 10.3. The van der Waals surface area contributed by atoms with E-state index in [9.17, 15) is 8.78 Å². The number of nitrogens with one attached hydrogen (secondary N) is 2. The van der Waals surface area contributed by atoms with E-state index < -0.39 is 6.61 Å². The average molecular weight is 363 g/mol. The van der Waals surface area contributed by atoms with Gasteiger partial charge in [0.25, 0.3) is 0 Å². The molecule has 0 aliphatic rings. The van der Waals surface area contributed by atoms with Gasteiger partial charge in [0.05, 0.1) is 10.7 Å². The molecule has 0 saturated heterocycles. The predicted molar refractivity (Wildman–Crippen MR) is 89.4 cm³/mol. The first-order valence-electron chi connectivity index (χ1n) is 6.02. The number of hydrogen-bond donors (Lipinski definition) is 2. The van der Waals surface area contributed by atoms with Crippen molar-refractivity contribution >= 4 is 51.9 Å². The lowest BCUT2D eigenvalue weighted by Gasteiger charge is -2.12. The molecule has 2 aromatic carbocycles. The fourth-order valence-electron chi connectivity index (χ4n) is 1.60. The van der Waals surface area contributed by atoms with Crippen LogP contribution in [0.2, 0.25) is 10.0 Å². The molecule has 2 N–H and O–H groups in total. The molecule has 0 heterocycles. The Balaban J connectivity index is 1.98. The maximum absolute atomic E-state index is 12.1. The van der Waals surface area contributed by atoms with Crippen LogP contribution in [-0.2, 0) is 0 Å². The van der Waals surface area contributed by atoms with Gasteiger partial charge in [-0.05, 0) is 54.7 Å². The first-order valence-corrected chi connectivity index (χ1v) is 7.18. The molecule has 0 unspecified atom stereocenters. The molecule has 22 heavy (non-hydrogen) atoms.